The van der Waals surface area contributed by atoms with Gasteiger partial charge in [0.15, 0.2) is 5.82 Å². The van der Waals surface area contributed by atoms with E-state index in [1.165, 1.54) is 10.9 Å². The minimum absolute atomic E-state index is 0.261. The molecule has 0 aliphatic heterocycles. The number of nitrogens with zero attached hydrogens (tertiary/aromatic N) is 4. The zero-order valence-electron chi connectivity index (χ0n) is 15.5. The third-order valence-electron chi connectivity index (χ3n) is 4.33. The summed E-state index contributed by atoms with van der Waals surface area (Å²) in [6.07, 6.45) is 1.42. The van der Waals surface area contributed by atoms with Crippen molar-refractivity contribution < 1.29 is 9.53 Å². The number of benzene rings is 2. The van der Waals surface area contributed by atoms with Gasteiger partial charge in [-0.15, -0.1) is 0 Å². The quantitative estimate of drug-likeness (QED) is 0.548. The van der Waals surface area contributed by atoms with Crippen LogP contribution in [0.3, 0.4) is 0 Å². The fourth-order valence-electron chi connectivity index (χ4n) is 2.84. The average Bonchev–Trinajstić information content (AvgIpc) is 3.42. The maximum absolute atomic E-state index is 12.8. The number of ether oxygens (including phenoxy) is 1. The van der Waals surface area contributed by atoms with Crippen molar-refractivity contribution in [2.24, 2.45) is 0 Å². The van der Waals surface area contributed by atoms with E-state index in [0.29, 0.717) is 11.5 Å². The lowest BCUT2D eigenvalue weighted by Crippen LogP contribution is -2.16. The van der Waals surface area contributed by atoms with Crippen LogP contribution in [0.5, 0.6) is 5.75 Å². The Balaban J connectivity index is 1.60. The van der Waals surface area contributed by atoms with Crippen molar-refractivity contribution in [3.05, 3.63) is 78.1 Å². The first-order valence-corrected chi connectivity index (χ1v) is 8.74. The first kappa shape index (κ1) is 18.0. The van der Waals surface area contributed by atoms with E-state index in [9.17, 15) is 10.1 Å². The number of carbonyl (C=O) groups is 1. The molecule has 142 valence electrons. The molecule has 2 N–H and O–H groups in total. The van der Waals surface area contributed by atoms with Gasteiger partial charge in [0.05, 0.1) is 24.7 Å². The molecule has 2 aromatic carbocycles. The van der Waals surface area contributed by atoms with Crippen molar-refractivity contribution >= 4 is 11.7 Å². The highest BCUT2D eigenvalue weighted by molar-refractivity contribution is 6.03. The molecular weight excluding hydrogens is 368 g/mol. The number of nitrogens with one attached hydrogen (secondary N) is 2. The Bertz CT molecular complexity index is 1190. The maximum Gasteiger partial charge on any atom is 0.274 e. The van der Waals surface area contributed by atoms with Crippen LogP contribution in [0.2, 0.25) is 0 Å². The summed E-state index contributed by atoms with van der Waals surface area (Å²) in [5.74, 6) is 0.608. The van der Waals surface area contributed by atoms with Gasteiger partial charge in [-0.25, -0.2) is 4.68 Å². The number of hydrogen-bond donors (Lipinski definition) is 2. The number of methoxy groups -OCH3 is 1. The number of carbonyl (C=O) groups excluding carboxylic acids is 1. The van der Waals surface area contributed by atoms with Crippen LogP contribution in [-0.4, -0.2) is 33.0 Å². The molecular formula is C21H16N6O2. The molecule has 0 saturated heterocycles. The van der Waals surface area contributed by atoms with Crippen molar-refractivity contribution in [2.75, 3.05) is 12.4 Å². The molecule has 0 bridgehead atoms. The number of H-pyrrole nitrogens is 1. The monoisotopic (exact) mass is 384 g/mol. The van der Waals surface area contributed by atoms with Crippen molar-refractivity contribution in [1.82, 2.24) is 20.0 Å². The summed E-state index contributed by atoms with van der Waals surface area (Å²) < 4.78 is 6.66. The number of anilines is 1. The molecule has 0 saturated carbocycles. The molecule has 1 amide bonds. The highest BCUT2D eigenvalue weighted by atomic mass is 16.5. The molecule has 0 radical (unpaired) electrons. The van der Waals surface area contributed by atoms with E-state index < -0.39 is 5.91 Å². The minimum Gasteiger partial charge on any atom is -0.497 e. The lowest BCUT2D eigenvalue weighted by atomic mass is 10.1. The molecule has 0 atom stereocenters. The second-order valence-corrected chi connectivity index (χ2v) is 6.12. The molecule has 29 heavy (non-hydrogen) atoms. The van der Waals surface area contributed by atoms with Crippen molar-refractivity contribution in [1.29, 1.82) is 5.26 Å². The molecule has 2 heterocycles. The predicted octanol–water partition coefficient (Wildman–Crippen LogP) is 3.39. The molecule has 0 aliphatic rings. The van der Waals surface area contributed by atoms with Gasteiger partial charge in [-0.1, -0.05) is 18.2 Å². The van der Waals surface area contributed by atoms with Crippen LogP contribution in [0, 0.1) is 11.3 Å². The number of amides is 1. The summed E-state index contributed by atoms with van der Waals surface area (Å²) in [5, 5.41) is 23.3. The fraction of sp³-hybridized carbons (Fsp3) is 0.0476. The number of aromatic nitrogens is 4. The normalized spacial score (nSPS) is 10.3. The summed E-state index contributed by atoms with van der Waals surface area (Å²) >= 11 is 0. The first-order valence-electron chi connectivity index (χ1n) is 8.74. The molecule has 0 fully saturated rings. The Hall–Kier alpha value is -4.38. The highest BCUT2D eigenvalue weighted by Gasteiger charge is 2.18. The smallest absolute Gasteiger partial charge is 0.274 e. The third kappa shape index (κ3) is 3.57. The number of nitriles is 1. The second kappa shape index (κ2) is 7.70. The number of para-hydroxylation sites is 1. The SMILES string of the molecule is COc1ccc(-c2cc(C(=O)Nc3c(C#N)cnn3-c3ccccc3)[nH]n2)cc1. The van der Waals surface area contributed by atoms with Crippen LogP contribution in [0.15, 0.2) is 66.9 Å². The van der Waals surface area contributed by atoms with Crippen LogP contribution in [0.4, 0.5) is 5.82 Å². The van der Waals surface area contributed by atoms with Gasteiger partial charge in [0, 0.05) is 5.56 Å². The molecule has 4 aromatic rings. The van der Waals surface area contributed by atoms with Gasteiger partial charge in [0.25, 0.3) is 5.91 Å². The number of rotatable bonds is 5. The van der Waals surface area contributed by atoms with Crippen LogP contribution in [-0.2, 0) is 0 Å². The van der Waals surface area contributed by atoms with E-state index in [4.69, 9.17) is 4.74 Å². The Morgan fingerprint density at radius 1 is 1.17 bits per heavy atom. The molecule has 2 aromatic heterocycles. The highest BCUT2D eigenvalue weighted by Crippen LogP contribution is 2.23. The maximum atomic E-state index is 12.8. The van der Waals surface area contributed by atoms with Crippen molar-refractivity contribution in [3.8, 4) is 28.8 Å². The molecule has 0 unspecified atom stereocenters. The van der Waals surface area contributed by atoms with Gasteiger partial charge < -0.3 is 10.1 Å². The van der Waals surface area contributed by atoms with Gasteiger partial charge in [-0.05, 0) is 42.5 Å². The van der Waals surface area contributed by atoms with E-state index in [0.717, 1.165) is 17.0 Å². The second-order valence-electron chi connectivity index (χ2n) is 6.12. The van der Waals surface area contributed by atoms with Gasteiger partial charge >= 0.3 is 0 Å². The van der Waals surface area contributed by atoms with Crippen LogP contribution in [0.25, 0.3) is 16.9 Å². The predicted molar refractivity (Wildman–Crippen MR) is 107 cm³/mol. The van der Waals surface area contributed by atoms with Gasteiger partial charge in [-0.3, -0.25) is 9.89 Å². The van der Waals surface area contributed by atoms with Gasteiger partial charge in [-0.2, -0.15) is 15.5 Å². The fourth-order valence-corrected chi connectivity index (χ4v) is 2.84. The van der Waals surface area contributed by atoms with E-state index in [1.54, 1.807) is 13.2 Å². The molecule has 8 nitrogen and oxygen atoms in total. The van der Waals surface area contributed by atoms with E-state index in [-0.39, 0.29) is 11.3 Å². The van der Waals surface area contributed by atoms with Gasteiger partial charge in [0.1, 0.15) is 23.1 Å². The Kier molecular flexibility index (Phi) is 4.78. The zero-order valence-corrected chi connectivity index (χ0v) is 15.5. The van der Waals surface area contributed by atoms with Crippen LogP contribution < -0.4 is 10.1 Å². The third-order valence-corrected chi connectivity index (χ3v) is 4.33. The first-order chi connectivity index (χ1) is 14.2. The Morgan fingerprint density at radius 2 is 1.93 bits per heavy atom. The topological polar surface area (TPSA) is 109 Å². The van der Waals surface area contributed by atoms with Crippen molar-refractivity contribution in [3.63, 3.8) is 0 Å². The summed E-state index contributed by atoms with van der Waals surface area (Å²) in [6.45, 7) is 0. The van der Waals surface area contributed by atoms with E-state index >= 15 is 0 Å². The molecule has 0 spiro atoms. The van der Waals surface area contributed by atoms with Crippen LogP contribution in [0.1, 0.15) is 16.1 Å². The molecule has 8 heteroatoms. The lowest BCUT2D eigenvalue weighted by Gasteiger charge is -2.08. The largest absolute Gasteiger partial charge is 0.497 e. The van der Waals surface area contributed by atoms with Crippen LogP contribution >= 0.6 is 0 Å². The average molecular weight is 384 g/mol. The zero-order chi connectivity index (χ0) is 20.2. The van der Waals surface area contributed by atoms with E-state index in [2.05, 4.69) is 20.6 Å². The number of hydrogen-bond acceptors (Lipinski definition) is 5. The summed E-state index contributed by atoms with van der Waals surface area (Å²) in [7, 11) is 1.60. The summed E-state index contributed by atoms with van der Waals surface area (Å²) in [6, 6.07) is 20.3. The van der Waals surface area contributed by atoms with Gasteiger partial charge in [0.2, 0.25) is 0 Å². The summed E-state index contributed by atoms with van der Waals surface area (Å²) in [5.41, 5.74) is 2.72. The lowest BCUT2D eigenvalue weighted by molar-refractivity contribution is 0.102. The van der Waals surface area contributed by atoms with Crippen molar-refractivity contribution in [2.45, 2.75) is 0 Å². The Labute approximate surface area is 166 Å². The molecule has 4 rings (SSSR count). The number of aromatic amines is 1. The Morgan fingerprint density at radius 3 is 2.62 bits per heavy atom. The standard InChI is InChI=1S/C21H16N6O2/c1-29-17-9-7-14(8-10-17)18-11-19(26-25-18)21(28)24-20-15(12-22)13-23-27(20)16-5-3-2-4-6-16/h2-11,13H,1H3,(H,24,28)(H,25,26). The summed E-state index contributed by atoms with van der Waals surface area (Å²) in [4.78, 5) is 12.8. The molecule has 0 aliphatic carbocycles. The minimum atomic E-state index is -0.425. The van der Waals surface area contributed by atoms with E-state index in [1.807, 2.05) is 60.7 Å².